The number of esters is 1. The van der Waals surface area contributed by atoms with Gasteiger partial charge in [0.25, 0.3) is 0 Å². The highest BCUT2D eigenvalue weighted by molar-refractivity contribution is 5.93. The Bertz CT molecular complexity index is 598. The molecule has 0 bridgehead atoms. The number of aryl methyl sites for hydroxylation is 1. The maximum atomic E-state index is 11.7. The molecule has 0 aromatic heterocycles. The van der Waals surface area contributed by atoms with Crippen LogP contribution in [0.4, 0.5) is 0 Å². The molecule has 20 heavy (non-hydrogen) atoms. The maximum Gasteiger partial charge on any atom is 0.352 e. The zero-order chi connectivity index (χ0) is 14.5. The molecule has 1 heterocycles. The SMILES string of the molecule is CCOC(=O)C(C#N)=C1COc2ccc(C)cc2CO1. The first-order chi connectivity index (χ1) is 9.65. The molecule has 5 heteroatoms. The first kappa shape index (κ1) is 13.9. The highest BCUT2D eigenvalue weighted by Gasteiger charge is 2.22. The van der Waals surface area contributed by atoms with E-state index in [1.807, 2.05) is 31.2 Å². The van der Waals surface area contributed by atoms with Crippen molar-refractivity contribution in [1.29, 1.82) is 5.26 Å². The molecule has 0 saturated carbocycles. The minimum Gasteiger partial charge on any atom is -0.488 e. The Hall–Kier alpha value is -2.48. The molecular formula is C15H15NO4. The van der Waals surface area contributed by atoms with Crippen molar-refractivity contribution in [2.45, 2.75) is 20.5 Å². The van der Waals surface area contributed by atoms with Crippen LogP contribution in [0.3, 0.4) is 0 Å². The van der Waals surface area contributed by atoms with Gasteiger partial charge in [-0.1, -0.05) is 11.6 Å². The lowest BCUT2D eigenvalue weighted by Crippen LogP contribution is -2.13. The van der Waals surface area contributed by atoms with E-state index in [2.05, 4.69) is 0 Å². The smallest absolute Gasteiger partial charge is 0.352 e. The number of nitrogens with zero attached hydrogens (tertiary/aromatic N) is 1. The molecule has 0 spiro atoms. The van der Waals surface area contributed by atoms with Crippen molar-refractivity contribution in [3.8, 4) is 11.8 Å². The summed E-state index contributed by atoms with van der Waals surface area (Å²) < 4.78 is 16.0. The zero-order valence-electron chi connectivity index (χ0n) is 11.4. The average molecular weight is 273 g/mol. The van der Waals surface area contributed by atoms with Crippen LogP contribution in [0.5, 0.6) is 5.75 Å². The largest absolute Gasteiger partial charge is 0.488 e. The van der Waals surface area contributed by atoms with Crippen LogP contribution in [0.15, 0.2) is 29.5 Å². The lowest BCUT2D eigenvalue weighted by atomic mass is 10.1. The fourth-order valence-electron chi connectivity index (χ4n) is 1.88. The highest BCUT2D eigenvalue weighted by Crippen LogP contribution is 2.26. The van der Waals surface area contributed by atoms with Gasteiger partial charge in [-0.25, -0.2) is 4.79 Å². The standard InChI is InChI=1S/C15H15NO4/c1-3-18-15(17)12(7-16)14-9-20-13-5-4-10(2)6-11(13)8-19-14/h4-6H,3,8-9H2,1-2H3. The second kappa shape index (κ2) is 6.11. The van der Waals surface area contributed by atoms with Crippen molar-refractivity contribution in [2.75, 3.05) is 13.2 Å². The summed E-state index contributed by atoms with van der Waals surface area (Å²) in [6.07, 6.45) is 0. The van der Waals surface area contributed by atoms with Gasteiger partial charge in [-0.2, -0.15) is 5.26 Å². The summed E-state index contributed by atoms with van der Waals surface area (Å²) in [5, 5.41) is 9.08. The lowest BCUT2D eigenvalue weighted by Gasteiger charge is -2.08. The molecule has 1 aliphatic rings. The molecular weight excluding hydrogens is 258 g/mol. The number of hydrogen-bond donors (Lipinski definition) is 0. The van der Waals surface area contributed by atoms with E-state index in [1.165, 1.54) is 0 Å². The molecule has 0 atom stereocenters. The number of nitriles is 1. The fraction of sp³-hybridized carbons (Fsp3) is 0.333. The minimum atomic E-state index is -0.685. The monoisotopic (exact) mass is 273 g/mol. The summed E-state index contributed by atoms with van der Waals surface area (Å²) in [7, 11) is 0. The third-order valence-corrected chi connectivity index (χ3v) is 2.85. The molecule has 0 amide bonds. The maximum absolute atomic E-state index is 11.7. The molecule has 1 aromatic rings. The molecule has 0 unspecified atom stereocenters. The van der Waals surface area contributed by atoms with Gasteiger partial charge in [0.1, 0.15) is 25.0 Å². The number of rotatable bonds is 2. The lowest BCUT2D eigenvalue weighted by molar-refractivity contribution is -0.138. The van der Waals surface area contributed by atoms with Crippen LogP contribution in [-0.4, -0.2) is 19.2 Å². The van der Waals surface area contributed by atoms with Gasteiger partial charge in [-0.3, -0.25) is 0 Å². The molecule has 0 radical (unpaired) electrons. The van der Waals surface area contributed by atoms with E-state index in [0.29, 0.717) is 5.75 Å². The Morgan fingerprint density at radius 2 is 2.20 bits per heavy atom. The Morgan fingerprint density at radius 3 is 2.90 bits per heavy atom. The van der Waals surface area contributed by atoms with Gasteiger partial charge in [0.2, 0.25) is 0 Å². The van der Waals surface area contributed by atoms with E-state index in [9.17, 15) is 4.79 Å². The van der Waals surface area contributed by atoms with Crippen LogP contribution >= 0.6 is 0 Å². The van der Waals surface area contributed by atoms with Gasteiger partial charge in [-0.05, 0) is 26.0 Å². The Kier molecular flexibility index (Phi) is 4.26. The van der Waals surface area contributed by atoms with E-state index in [1.54, 1.807) is 6.92 Å². The van der Waals surface area contributed by atoms with Gasteiger partial charge in [0.15, 0.2) is 11.3 Å². The molecule has 2 rings (SSSR count). The van der Waals surface area contributed by atoms with Gasteiger partial charge in [-0.15, -0.1) is 0 Å². The quantitative estimate of drug-likeness (QED) is 0.469. The first-order valence-electron chi connectivity index (χ1n) is 6.31. The molecule has 1 aromatic carbocycles. The molecule has 0 aliphatic carbocycles. The van der Waals surface area contributed by atoms with Crippen LogP contribution in [0.2, 0.25) is 0 Å². The number of ether oxygens (including phenoxy) is 3. The van der Waals surface area contributed by atoms with Crippen molar-refractivity contribution in [3.05, 3.63) is 40.7 Å². The normalized spacial score (nSPS) is 15.8. The van der Waals surface area contributed by atoms with Gasteiger partial charge < -0.3 is 14.2 Å². The topological polar surface area (TPSA) is 68.6 Å². The van der Waals surface area contributed by atoms with Crippen LogP contribution in [0.1, 0.15) is 18.1 Å². The third kappa shape index (κ3) is 2.91. The molecule has 5 nitrogen and oxygen atoms in total. The summed E-state index contributed by atoms with van der Waals surface area (Å²) in [4.78, 5) is 11.7. The van der Waals surface area contributed by atoms with Crippen molar-refractivity contribution >= 4 is 5.97 Å². The number of fused-ring (bicyclic) bond motifs is 1. The Balaban J connectivity index is 2.26. The van der Waals surface area contributed by atoms with E-state index in [-0.39, 0.29) is 31.2 Å². The van der Waals surface area contributed by atoms with E-state index < -0.39 is 5.97 Å². The van der Waals surface area contributed by atoms with E-state index >= 15 is 0 Å². The Labute approximate surface area is 117 Å². The van der Waals surface area contributed by atoms with Crippen LogP contribution in [-0.2, 0) is 20.9 Å². The first-order valence-corrected chi connectivity index (χ1v) is 6.31. The summed E-state index contributed by atoms with van der Waals surface area (Å²) in [6, 6.07) is 7.56. The van der Waals surface area contributed by atoms with Crippen molar-refractivity contribution in [2.24, 2.45) is 0 Å². The highest BCUT2D eigenvalue weighted by atomic mass is 16.5. The van der Waals surface area contributed by atoms with Crippen LogP contribution in [0, 0.1) is 18.3 Å². The van der Waals surface area contributed by atoms with Crippen molar-refractivity contribution < 1.29 is 19.0 Å². The van der Waals surface area contributed by atoms with Crippen molar-refractivity contribution in [1.82, 2.24) is 0 Å². The molecule has 0 fully saturated rings. The fourth-order valence-corrected chi connectivity index (χ4v) is 1.88. The number of carbonyl (C=O) groups excluding carboxylic acids is 1. The predicted octanol–water partition coefficient (Wildman–Crippen LogP) is 2.24. The van der Waals surface area contributed by atoms with Crippen LogP contribution < -0.4 is 4.74 Å². The summed E-state index contributed by atoms with van der Waals surface area (Å²) in [5.74, 6) is 0.224. The van der Waals surface area contributed by atoms with Gasteiger partial charge >= 0.3 is 5.97 Å². The molecule has 0 N–H and O–H groups in total. The minimum absolute atomic E-state index is 0.0395. The number of hydrogen-bond acceptors (Lipinski definition) is 5. The van der Waals surface area contributed by atoms with E-state index in [0.717, 1.165) is 11.1 Å². The van der Waals surface area contributed by atoms with E-state index in [4.69, 9.17) is 19.5 Å². The number of carbonyl (C=O) groups is 1. The zero-order valence-corrected chi connectivity index (χ0v) is 11.4. The summed E-state index contributed by atoms with van der Waals surface area (Å²) in [6.45, 7) is 4.16. The van der Waals surface area contributed by atoms with Gasteiger partial charge in [0, 0.05) is 5.56 Å². The molecule has 1 aliphatic heterocycles. The molecule has 0 saturated heterocycles. The average Bonchev–Trinajstić information content (AvgIpc) is 2.63. The molecule has 104 valence electrons. The summed E-state index contributed by atoms with van der Waals surface area (Å²) >= 11 is 0. The second-order valence-electron chi connectivity index (χ2n) is 4.32. The number of benzene rings is 1. The van der Waals surface area contributed by atoms with Crippen molar-refractivity contribution in [3.63, 3.8) is 0 Å². The van der Waals surface area contributed by atoms with Gasteiger partial charge in [0.05, 0.1) is 6.61 Å². The summed E-state index contributed by atoms with van der Waals surface area (Å²) in [5.41, 5.74) is 1.84. The van der Waals surface area contributed by atoms with Crippen LogP contribution in [0.25, 0.3) is 0 Å². The second-order valence-corrected chi connectivity index (χ2v) is 4.32. The Morgan fingerprint density at radius 1 is 1.40 bits per heavy atom. The third-order valence-electron chi connectivity index (χ3n) is 2.85. The predicted molar refractivity (Wildman–Crippen MR) is 70.7 cm³/mol.